The summed E-state index contributed by atoms with van der Waals surface area (Å²) in [6.07, 6.45) is 4.70. The molecule has 132 valence electrons. The maximum absolute atomic E-state index is 12.0. The van der Waals surface area contributed by atoms with Crippen molar-refractivity contribution in [3.05, 3.63) is 83.8 Å². The Hall–Kier alpha value is -3.34. The number of anilines is 1. The number of ketones is 1. The lowest BCUT2D eigenvalue weighted by molar-refractivity contribution is 0.104. The number of benzene rings is 2. The normalized spacial score (nSPS) is 16.5. The van der Waals surface area contributed by atoms with Gasteiger partial charge in [0.1, 0.15) is 5.75 Å². The number of carbonyl (C=O) groups is 1. The molecule has 0 saturated heterocycles. The van der Waals surface area contributed by atoms with Crippen molar-refractivity contribution in [2.45, 2.75) is 20.1 Å². The molecule has 0 spiro atoms. The summed E-state index contributed by atoms with van der Waals surface area (Å²) < 4.78 is 5.97. The van der Waals surface area contributed by atoms with E-state index in [1.165, 1.54) is 6.08 Å². The van der Waals surface area contributed by atoms with Gasteiger partial charge in [-0.15, -0.1) is 0 Å². The molecule has 0 fully saturated rings. The summed E-state index contributed by atoms with van der Waals surface area (Å²) in [5.74, 6) is 1.14. The Morgan fingerprint density at radius 3 is 2.77 bits per heavy atom. The third kappa shape index (κ3) is 4.39. The number of aliphatic imine (C=N–C) groups is 1. The molecule has 0 aromatic heterocycles. The number of hydrogen-bond donors (Lipinski definition) is 2. The van der Waals surface area contributed by atoms with E-state index in [1.54, 1.807) is 30.5 Å². The first-order valence-corrected chi connectivity index (χ1v) is 8.43. The van der Waals surface area contributed by atoms with Gasteiger partial charge in [0.15, 0.2) is 12.1 Å². The molecule has 2 aromatic carbocycles. The molecule has 1 aliphatic rings. The van der Waals surface area contributed by atoms with Crippen LogP contribution in [0, 0.1) is 0 Å². The van der Waals surface area contributed by atoms with Gasteiger partial charge in [-0.1, -0.05) is 36.4 Å². The monoisotopic (exact) mass is 347 g/mol. The van der Waals surface area contributed by atoms with Gasteiger partial charge in [0.05, 0.1) is 0 Å². The van der Waals surface area contributed by atoms with E-state index in [9.17, 15) is 4.79 Å². The molecule has 2 N–H and O–H groups in total. The van der Waals surface area contributed by atoms with Gasteiger partial charge >= 0.3 is 0 Å². The number of ether oxygens (including phenoxy) is 1. The minimum atomic E-state index is -0.330. The highest BCUT2D eigenvalue weighted by atomic mass is 16.5. The number of nitrogens with one attached hydrogen (secondary N) is 2. The predicted octanol–water partition coefficient (Wildman–Crippen LogP) is 4.13. The second-order valence-electron chi connectivity index (χ2n) is 5.84. The van der Waals surface area contributed by atoms with Gasteiger partial charge in [0.25, 0.3) is 0 Å². The number of rotatable bonds is 6. The molecule has 1 aliphatic heterocycles. The molecule has 3 rings (SSSR count). The van der Waals surface area contributed by atoms with Crippen molar-refractivity contribution >= 4 is 17.7 Å². The quantitative estimate of drug-likeness (QED) is 0.609. The van der Waals surface area contributed by atoms with E-state index in [0.29, 0.717) is 17.2 Å². The first kappa shape index (κ1) is 17.5. The molecule has 0 radical (unpaired) electrons. The van der Waals surface area contributed by atoms with Gasteiger partial charge < -0.3 is 15.4 Å². The zero-order valence-electron chi connectivity index (χ0n) is 14.8. The van der Waals surface area contributed by atoms with Crippen molar-refractivity contribution in [3.8, 4) is 5.75 Å². The largest absolute Gasteiger partial charge is 0.441 e. The number of allylic oxidation sites excluding steroid dienone is 3. The number of hydrogen-bond acceptors (Lipinski definition) is 5. The van der Waals surface area contributed by atoms with Gasteiger partial charge in [-0.25, -0.2) is 4.99 Å². The molecule has 2 aromatic rings. The van der Waals surface area contributed by atoms with E-state index in [-0.39, 0.29) is 12.1 Å². The van der Waals surface area contributed by atoms with Crippen LogP contribution in [0.15, 0.2) is 83.2 Å². The lowest BCUT2D eigenvalue weighted by Crippen LogP contribution is -2.39. The molecule has 1 unspecified atom stereocenters. The second kappa shape index (κ2) is 8.16. The third-order valence-corrected chi connectivity index (χ3v) is 3.78. The average molecular weight is 347 g/mol. The first-order valence-electron chi connectivity index (χ1n) is 8.43. The minimum Gasteiger partial charge on any atom is -0.441 e. The molecule has 0 saturated carbocycles. The lowest BCUT2D eigenvalue weighted by atomic mass is 10.1. The Kier molecular flexibility index (Phi) is 5.49. The van der Waals surface area contributed by atoms with Gasteiger partial charge in [-0.05, 0) is 44.2 Å². The molecule has 1 atom stereocenters. The molecule has 0 amide bonds. The molecular formula is C21H21N3O2. The molecule has 0 bridgehead atoms. The van der Waals surface area contributed by atoms with Crippen molar-refractivity contribution in [3.63, 3.8) is 0 Å². The Morgan fingerprint density at radius 1 is 1.19 bits per heavy atom. The van der Waals surface area contributed by atoms with Crippen LogP contribution in [0.3, 0.4) is 0 Å². The molecule has 5 nitrogen and oxygen atoms in total. The van der Waals surface area contributed by atoms with Crippen molar-refractivity contribution in [2.75, 3.05) is 5.32 Å². The van der Waals surface area contributed by atoms with Crippen LogP contribution in [0.5, 0.6) is 5.75 Å². The lowest BCUT2D eigenvalue weighted by Gasteiger charge is -2.24. The summed E-state index contributed by atoms with van der Waals surface area (Å²) in [4.78, 5) is 16.4. The summed E-state index contributed by atoms with van der Waals surface area (Å²) in [7, 11) is 0. The van der Waals surface area contributed by atoms with Gasteiger partial charge in [0, 0.05) is 23.0 Å². The second-order valence-corrected chi connectivity index (χ2v) is 5.84. The fourth-order valence-electron chi connectivity index (χ4n) is 2.47. The highest BCUT2D eigenvalue weighted by Gasteiger charge is 2.16. The van der Waals surface area contributed by atoms with Crippen molar-refractivity contribution in [1.29, 1.82) is 0 Å². The molecule has 5 heteroatoms. The third-order valence-electron chi connectivity index (χ3n) is 3.78. The van der Waals surface area contributed by atoms with Crippen molar-refractivity contribution in [2.24, 2.45) is 4.99 Å². The molecule has 26 heavy (non-hydrogen) atoms. The van der Waals surface area contributed by atoms with Crippen LogP contribution in [0.2, 0.25) is 0 Å². The van der Waals surface area contributed by atoms with Gasteiger partial charge in [0.2, 0.25) is 5.88 Å². The van der Waals surface area contributed by atoms with Crippen LogP contribution < -0.4 is 15.4 Å². The topological polar surface area (TPSA) is 62.7 Å². The zero-order chi connectivity index (χ0) is 18.4. The number of nitrogens with zero attached hydrogens (tertiary/aromatic N) is 1. The van der Waals surface area contributed by atoms with Crippen LogP contribution >= 0.6 is 0 Å². The van der Waals surface area contributed by atoms with Gasteiger partial charge in [-0.2, -0.15) is 0 Å². The molecule has 1 heterocycles. The summed E-state index contributed by atoms with van der Waals surface area (Å²) in [6, 6.07) is 16.9. The van der Waals surface area contributed by atoms with Crippen LogP contribution in [0.4, 0.5) is 5.69 Å². The van der Waals surface area contributed by atoms with Crippen LogP contribution in [-0.2, 0) is 0 Å². The summed E-state index contributed by atoms with van der Waals surface area (Å²) in [5, 5.41) is 6.50. The minimum absolute atomic E-state index is 0.0505. The Morgan fingerprint density at radius 2 is 2.00 bits per heavy atom. The SMILES string of the molecule is C/C=C/C(=O)c1cccc(OC2=C(C)C=NC(Nc3ccccc3)N2)c1. The fraction of sp³-hybridized carbons (Fsp3) is 0.143. The van der Waals surface area contributed by atoms with Crippen molar-refractivity contribution in [1.82, 2.24) is 5.32 Å². The highest BCUT2D eigenvalue weighted by Crippen LogP contribution is 2.19. The van der Waals surface area contributed by atoms with E-state index in [2.05, 4.69) is 15.6 Å². The van der Waals surface area contributed by atoms with Crippen molar-refractivity contribution < 1.29 is 9.53 Å². The Bertz CT molecular complexity index is 870. The smallest absolute Gasteiger partial charge is 0.200 e. The maximum atomic E-state index is 12.0. The van der Waals surface area contributed by atoms with Crippen LogP contribution in [-0.4, -0.2) is 18.3 Å². The van der Waals surface area contributed by atoms with Gasteiger partial charge in [-0.3, -0.25) is 4.79 Å². The van der Waals surface area contributed by atoms with E-state index in [0.717, 1.165) is 11.3 Å². The molecule has 0 aliphatic carbocycles. The highest BCUT2D eigenvalue weighted by molar-refractivity contribution is 6.04. The molecular weight excluding hydrogens is 326 g/mol. The zero-order valence-corrected chi connectivity index (χ0v) is 14.8. The first-order chi connectivity index (χ1) is 12.7. The Labute approximate surface area is 153 Å². The van der Waals surface area contributed by atoms with E-state index >= 15 is 0 Å². The van der Waals surface area contributed by atoms with Crippen LogP contribution in [0.1, 0.15) is 24.2 Å². The fourth-order valence-corrected chi connectivity index (χ4v) is 2.47. The average Bonchev–Trinajstić information content (AvgIpc) is 2.66. The predicted molar refractivity (Wildman–Crippen MR) is 104 cm³/mol. The summed E-state index contributed by atoms with van der Waals surface area (Å²) in [6.45, 7) is 3.73. The van der Waals surface area contributed by atoms with E-state index in [4.69, 9.17) is 4.74 Å². The maximum Gasteiger partial charge on any atom is 0.200 e. The van der Waals surface area contributed by atoms with Crippen LogP contribution in [0.25, 0.3) is 0 Å². The summed E-state index contributed by atoms with van der Waals surface area (Å²) in [5.41, 5.74) is 2.42. The van der Waals surface area contributed by atoms with E-state index in [1.807, 2.05) is 50.2 Å². The Balaban J connectivity index is 1.71. The number of carbonyl (C=O) groups excluding carboxylic acids is 1. The number of para-hydroxylation sites is 1. The standard InChI is InChI=1S/C21H21N3O2/c1-3-8-19(25)16-9-7-12-18(13-16)26-20-15(2)14-22-21(24-20)23-17-10-5-4-6-11-17/h3-14,21,23-24H,1-2H3/b8-3+. The summed E-state index contributed by atoms with van der Waals surface area (Å²) >= 11 is 0. The van der Waals surface area contributed by atoms with E-state index < -0.39 is 0 Å².